The van der Waals surface area contributed by atoms with Gasteiger partial charge in [0.2, 0.25) is 11.9 Å². The summed E-state index contributed by atoms with van der Waals surface area (Å²) in [5.74, 6) is 1.51. The minimum atomic E-state index is -0.520. The summed E-state index contributed by atoms with van der Waals surface area (Å²) in [5.41, 5.74) is 1.22. The van der Waals surface area contributed by atoms with Crippen molar-refractivity contribution in [1.29, 1.82) is 0 Å². The van der Waals surface area contributed by atoms with Gasteiger partial charge < -0.3 is 30.5 Å². The van der Waals surface area contributed by atoms with Gasteiger partial charge in [-0.1, -0.05) is 37.0 Å². The summed E-state index contributed by atoms with van der Waals surface area (Å²) in [4.78, 5) is 37.7. The summed E-state index contributed by atoms with van der Waals surface area (Å²) in [6.07, 6.45) is 3.13. The Morgan fingerprint density at radius 3 is 2.45 bits per heavy atom. The van der Waals surface area contributed by atoms with E-state index in [2.05, 4.69) is 46.6 Å². The van der Waals surface area contributed by atoms with Crippen LogP contribution in [-0.4, -0.2) is 72.7 Å². The summed E-state index contributed by atoms with van der Waals surface area (Å²) in [7, 11) is 3.08. The second kappa shape index (κ2) is 10.8. The molecule has 3 N–H and O–H groups in total. The van der Waals surface area contributed by atoms with Crippen molar-refractivity contribution in [1.82, 2.24) is 20.2 Å². The second-order valence-electron chi connectivity index (χ2n) is 11.7. The topological polar surface area (TPSA) is 112 Å². The lowest BCUT2D eigenvalue weighted by Gasteiger charge is -2.66. The van der Waals surface area contributed by atoms with Crippen LogP contribution in [0, 0.1) is 23.2 Å². The summed E-state index contributed by atoms with van der Waals surface area (Å²) in [5, 5.41) is 10.7. The van der Waals surface area contributed by atoms with E-state index in [4.69, 9.17) is 32.9 Å². The first-order chi connectivity index (χ1) is 19.0. The molecule has 3 aliphatic carbocycles. The highest BCUT2D eigenvalue weighted by Gasteiger charge is 2.64. The average molecular weight is 591 g/mol. The smallest absolute Gasteiger partial charge is 0.409 e. The number of carbonyl (C=O) groups excluding carboxylic acids is 2. The Labute approximate surface area is 245 Å². The molecule has 1 aromatic heterocycles. The maximum absolute atomic E-state index is 12.9. The molecule has 0 radical (unpaired) electrons. The van der Waals surface area contributed by atoms with Crippen LogP contribution in [0.5, 0.6) is 0 Å². The number of amides is 2. The number of aromatic nitrogens is 2. The molecular formula is C28H37Cl2N7O3. The molecule has 1 saturated heterocycles. The highest BCUT2D eigenvalue weighted by molar-refractivity contribution is 6.33. The number of anilines is 4. The molecule has 2 heterocycles. The molecule has 1 aromatic carbocycles. The number of rotatable bonds is 6. The van der Waals surface area contributed by atoms with E-state index in [-0.39, 0.29) is 23.3 Å². The quantitative estimate of drug-likeness (QED) is 0.431. The Morgan fingerprint density at radius 1 is 1.07 bits per heavy atom. The average Bonchev–Trinajstić information content (AvgIpc) is 2.94. The number of methoxy groups -OCH3 is 1. The molecule has 4 fully saturated rings. The third kappa shape index (κ3) is 5.00. The molecule has 6 rings (SSSR count). The fourth-order valence-electron chi connectivity index (χ4n) is 6.92. The minimum Gasteiger partial charge on any atom is -0.453 e. The Kier molecular flexibility index (Phi) is 7.69. The van der Waals surface area contributed by atoms with Crippen molar-refractivity contribution >= 4 is 58.3 Å². The molecule has 4 aliphatic rings. The SMILES string of the molecule is CNC(=O)[C@H]1C[C@H]2C[C@H](C2(C)C)[C@@]1(C)Nc1nc(Nc2ccc(Cl)c(N3CCN(C(=O)OC)CC3)c2)ncc1Cl. The molecule has 2 bridgehead atoms. The van der Waals surface area contributed by atoms with Crippen molar-refractivity contribution in [3.05, 3.63) is 34.4 Å². The molecule has 4 atom stereocenters. The number of benzene rings is 1. The van der Waals surface area contributed by atoms with Crippen LogP contribution in [0.4, 0.5) is 27.9 Å². The fraction of sp³-hybridized carbons (Fsp3) is 0.571. The number of fused-ring (bicyclic) bond motifs is 2. The van der Waals surface area contributed by atoms with E-state index in [9.17, 15) is 9.59 Å². The number of nitrogens with zero attached hydrogens (tertiary/aromatic N) is 4. The maximum Gasteiger partial charge on any atom is 0.409 e. The zero-order valence-corrected chi connectivity index (χ0v) is 25.1. The largest absolute Gasteiger partial charge is 0.453 e. The Morgan fingerprint density at radius 2 is 1.80 bits per heavy atom. The highest BCUT2D eigenvalue weighted by Crippen LogP contribution is 2.65. The summed E-state index contributed by atoms with van der Waals surface area (Å²) >= 11 is 13.1. The lowest BCUT2D eigenvalue weighted by atomic mass is 9.40. The van der Waals surface area contributed by atoms with Crippen molar-refractivity contribution in [2.24, 2.45) is 23.2 Å². The van der Waals surface area contributed by atoms with Gasteiger partial charge in [-0.15, -0.1) is 0 Å². The Hall–Kier alpha value is -2.98. The van der Waals surface area contributed by atoms with Crippen LogP contribution in [0.1, 0.15) is 33.6 Å². The number of carbonyl (C=O) groups is 2. The normalized spacial score (nSPS) is 26.9. The first-order valence-electron chi connectivity index (χ1n) is 13.6. The second-order valence-corrected chi connectivity index (χ2v) is 12.6. The van der Waals surface area contributed by atoms with E-state index in [1.807, 2.05) is 18.2 Å². The molecule has 0 unspecified atom stereocenters. The van der Waals surface area contributed by atoms with Gasteiger partial charge in [-0.2, -0.15) is 4.98 Å². The van der Waals surface area contributed by atoms with Crippen molar-refractivity contribution in [2.45, 2.75) is 39.2 Å². The van der Waals surface area contributed by atoms with Gasteiger partial charge in [-0.05, 0) is 55.2 Å². The fourth-order valence-corrected chi connectivity index (χ4v) is 7.30. The predicted molar refractivity (Wildman–Crippen MR) is 158 cm³/mol. The molecule has 0 spiro atoms. The lowest BCUT2D eigenvalue weighted by molar-refractivity contribution is -0.155. The number of hydrogen-bond acceptors (Lipinski definition) is 8. The number of hydrogen-bond donors (Lipinski definition) is 3. The van der Waals surface area contributed by atoms with E-state index in [1.54, 1.807) is 18.1 Å². The van der Waals surface area contributed by atoms with Crippen LogP contribution in [-0.2, 0) is 9.53 Å². The van der Waals surface area contributed by atoms with Crippen molar-refractivity contribution < 1.29 is 14.3 Å². The molecule has 3 saturated carbocycles. The van der Waals surface area contributed by atoms with Gasteiger partial charge in [0.1, 0.15) is 5.02 Å². The van der Waals surface area contributed by atoms with Crippen LogP contribution in [0.25, 0.3) is 0 Å². The van der Waals surface area contributed by atoms with E-state index in [0.29, 0.717) is 59.8 Å². The van der Waals surface area contributed by atoms with Gasteiger partial charge in [-0.25, -0.2) is 9.78 Å². The molecule has 2 aromatic rings. The molecule has 216 valence electrons. The van der Waals surface area contributed by atoms with Gasteiger partial charge in [0.25, 0.3) is 0 Å². The van der Waals surface area contributed by atoms with E-state index >= 15 is 0 Å². The summed E-state index contributed by atoms with van der Waals surface area (Å²) in [6.45, 7) is 9.04. The lowest BCUT2D eigenvalue weighted by Crippen LogP contribution is -2.69. The number of halogens is 2. The number of nitrogens with one attached hydrogen (secondary N) is 3. The summed E-state index contributed by atoms with van der Waals surface area (Å²) in [6, 6.07) is 5.64. The predicted octanol–water partition coefficient (Wildman–Crippen LogP) is 5.01. The maximum atomic E-state index is 12.9. The Balaban J connectivity index is 1.35. The van der Waals surface area contributed by atoms with Gasteiger partial charge in [0, 0.05) is 38.9 Å². The summed E-state index contributed by atoms with van der Waals surface area (Å²) < 4.78 is 4.84. The van der Waals surface area contributed by atoms with E-state index < -0.39 is 5.54 Å². The monoisotopic (exact) mass is 589 g/mol. The van der Waals surface area contributed by atoms with Gasteiger partial charge in [0.05, 0.1) is 35.5 Å². The van der Waals surface area contributed by atoms with Gasteiger partial charge >= 0.3 is 6.09 Å². The third-order valence-electron chi connectivity index (χ3n) is 9.39. The van der Waals surface area contributed by atoms with E-state index in [1.165, 1.54) is 7.11 Å². The third-order valence-corrected chi connectivity index (χ3v) is 9.98. The zero-order chi connectivity index (χ0) is 28.8. The molecular weight excluding hydrogens is 553 g/mol. The standard InChI is InChI=1S/C28H37Cl2N7O3/c1-27(2)16-12-18(24(38)31-4)28(3,22(27)13-16)35-23-20(30)15-32-25(34-23)33-17-6-7-19(29)21(14-17)36-8-10-37(11-9-36)26(39)40-5/h6-7,14-16,18,22H,8-13H2,1-5H3,(H,31,38)(H2,32,33,34,35)/t16-,18+,22+,28-/m0/s1. The first-order valence-corrected chi connectivity index (χ1v) is 14.4. The molecule has 40 heavy (non-hydrogen) atoms. The van der Waals surface area contributed by atoms with Crippen molar-refractivity contribution in [3.8, 4) is 0 Å². The molecule has 1 aliphatic heterocycles. The van der Waals surface area contributed by atoms with Gasteiger partial charge in [0.15, 0.2) is 5.82 Å². The van der Waals surface area contributed by atoms with Crippen LogP contribution >= 0.6 is 23.2 Å². The first kappa shape index (κ1) is 28.5. The van der Waals surface area contributed by atoms with Crippen LogP contribution in [0.2, 0.25) is 10.0 Å². The minimum absolute atomic E-state index is 0.0323. The van der Waals surface area contributed by atoms with Crippen LogP contribution < -0.4 is 20.9 Å². The highest BCUT2D eigenvalue weighted by atomic mass is 35.5. The zero-order valence-electron chi connectivity index (χ0n) is 23.6. The number of ether oxygens (including phenoxy) is 1. The molecule has 12 heteroatoms. The van der Waals surface area contributed by atoms with E-state index in [0.717, 1.165) is 24.2 Å². The number of piperazine rings is 1. The van der Waals surface area contributed by atoms with Crippen molar-refractivity contribution in [3.63, 3.8) is 0 Å². The molecule has 2 amide bonds. The Bertz CT molecular complexity index is 1300. The van der Waals surface area contributed by atoms with Crippen LogP contribution in [0.3, 0.4) is 0 Å². The van der Waals surface area contributed by atoms with Crippen molar-refractivity contribution in [2.75, 3.05) is 55.9 Å². The van der Waals surface area contributed by atoms with Crippen LogP contribution in [0.15, 0.2) is 24.4 Å². The molecule has 10 nitrogen and oxygen atoms in total. The van der Waals surface area contributed by atoms with Gasteiger partial charge in [-0.3, -0.25) is 4.79 Å².